The summed E-state index contributed by atoms with van der Waals surface area (Å²) in [6.45, 7) is 0.756. The van der Waals surface area contributed by atoms with Crippen LogP contribution < -0.4 is 14.8 Å². The van der Waals surface area contributed by atoms with Gasteiger partial charge in [0, 0.05) is 12.3 Å². The van der Waals surface area contributed by atoms with Crippen LogP contribution in [0.15, 0.2) is 40.8 Å². The van der Waals surface area contributed by atoms with Crippen molar-refractivity contribution in [1.82, 2.24) is 5.32 Å². The molecule has 0 bridgehead atoms. The third-order valence-corrected chi connectivity index (χ3v) is 2.95. The van der Waals surface area contributed by atoms with Crippen LogP contribution in [-0.2, 0) is 6.61 Å². The molecule has 0 saturated carbocycles. The van der Waals surface area contributed by atoms with Crippen LogP contribution in [0.3, 0.4) is 0 Å². The first-order valence-corrected chi connectivity index (χ1v) is 7.11. The van der Waals surface area contributed by atoms with Gasteiger partial charge in [0.15, 0.2) is 5.76 Å². The van der Waals surface area contributed by atoms with Gasteiger partial charge in [-0.15, -0.1) is 0 Å². The fourth-order valence-electron chi connectivity index (χ4n) is 1.66. The van der Waals surface area contributed by atoms with Crippen LogP contribution in [0.25, 0.3) is 0 Å². The first-order chi connectivity index (χ1) is 10.2. The highest BCUT2D eigenvalue weighted by molar-refractivity contribution is 7.80. The monoisotopic (exact) mass is 307 g/mol. The standard InChI is InChI=1S/C15H17NO4S/c1-18-11-2-4-12(5-3-11)19-10-13-6-7-14(20-13)15(17)16-8-9-21/h2-7,21H,8-10H2,1H3,(H,16,17). The summed E-state index contributed by atoms with van der Waals surface area (Å²) in [7, 11) is 1.61. The molecule has 0 spiro atoms. The zero-order valence-electron chi connectivity index (χ0n) is 11.7. The highest BCUT2D eigenvalue weighted by Crippen LogP contribution is 2.18. The SMILES string of the molecule is COc1ccc(OCc2ccc(C(=O)NCCS)o2)cc1. The molecule has 1 heterocycles. The quantitative estimate of drug-likeness (QED) is 0.772. The molecular weight excluding hydrogens is 290 g/mol. The predicted molar refractivity (Wildman–Crippen MR) is 82.2 cm³/mol. The summed E-state index contributed by atoms with van der Waals surface area (Å²) in [4.78, 5) is 11.7. The maximum atomic E-state index is 11.7. The summed E-state index contributed by atoms with van der Waals surface area (Å²) in [5.74, 6) is 2.66. The van der Waals surface area contributed by atoms with E-state index >= 15 is 0 Å². The zero-order valence-corrected chi connectivity index (χ0v) is 12.6. The van der Waals surface area contributed by atoms with Gasteiger partial charge in [0.1, 0.15) is 23.9 Å². The fraction of sp³-hybridized carbons (Fsp3) is 0.267. The Hall–Kier alpha value is -2.08. The van der Waals surface area contributed by atoms with Gasteiger partial charge < -0.3 is 19.2 Å². The van der Waals surface area contributed by atoms with Gasteiger partial charge in [-0.1, -0.05) is 0 Å². The number of carbonyl (C=O) groups excluding carboxylic acids is 1. The van der Waals surface area contributed by atoms with Crippen molar-refractivity contribution in [3.8, 4) is 11.5 Å². The number of methoxy groups -OCH3 is 1. The van der Waals surface area contributed by atoms with Gasteiger partial charge in [-0.25, -0.2) is 0 Å². The Morgan fingerprint density at radius 1 is 1.19 bits per heavy atom. The molecule has 0 aliphatic heterocycles. The third-order valence-electron chi connectivity index (χ3n) is 2.72. The highest BCUT2D eigenvalue weighted by Gasteiger charge is 2.10. The molecule has 2 rings (SSSR count). The smallest absolute Gasteiger partial charge is 0.287 e. The minimum absolute atomic E-state index is 0.250. The molecule has 112 valence electrons. The topological polar surface area (TPSA) is 60.7 Å². The molecule has 0 unspecified atom stereocenters. The molecule has 6 heteroatoms. The first kappa shape index (κ1) is 15.3. The number of hydrogen-bond donors (Lipinski definition) is 2. The number of ether oxygens (including phenoxy) is 2. The van der Waals surface area contributed by atoms with E-state index in [4.69, 9.17) is 13.9 Å². The molecule has 0 saturated heterocycles. The molecule has 1 N–H and O–H groups in total. The van der Waals surface area contributed by atoms with E-state index in [1.165, 1.54) is 0 Å². The number of hydrogen-bond acceptors (Lipinski definition) is 5. The highest BCUT2D eigenvalue weighted by atomic mass is 32.1. The van der Waals surface area contributed by atoms with E-state index < -0.39 is 0 Å². The van der Waals surface area contributed by atoms with Gasteiger partial charge in [-0.05, 0) is 36.4 Å². The molecule has 0 radical (unpaired) electrons. The fourth-order valence-corrected chi connectivity index (χ4v) is 1.77. The Morgan fingerprint density at radius 2 is 1.90 bits per heavy atom. The summed E-state index contributed by atoms with van der Waals surface area (Å²) in [5, 5.41) is 2.68. The van der Waals surface area contributed by atoms with Crippen LogP contribution in [0.4, 0.5) is 0 Å². The van der Waals surface area contributed by atoms with Crippen molar-refractivity contribution in [3.05, 3.63) is 47.9 Å². The maximum absolute atomic E-state index is 11.7. The second kappa shape index (κ2) is 7.64. The molecule has 1 aromatic heterocycles. The summed E-state index contributed by atoms with van der Waals surface area (Å²) in [6, 6.07) is 10.6. The molecule has 21 heavy (non-hydrogen) atoms. The van der Waals surface area contributed by atoms with Crippen molar-refractivity contribution < 1.29 is 18.7 Å². The van der Waals surface area contributed by atoms with E-state index in [1.54, 1.807) is 19.2 Å². The molecule has 0 atom stereocenters. The minimum atomic E-state index is -0.250. The largest absolute Gasteiger partial charge is 0.497 e. The van der Waals surface area contributed by atoms with Crippen LogP contribution in [0.5, 0.6) is 11.5 Å². The van der Waals surface area contributed by atoms with E-state index in [0.717, 1.165) is 5.75 Å². The Labute approximate surface area is 128 Å². The van der Waals surface area contributed by atoms with Crippen molar-refractivity contribution in [3.63, 3.8) is 0 Å². The third kappa shape index (κ3) is 4.46. The summed E-state index contributed by atoms with van der Waals surface area (Å²) in [6.07, 6.45) is 0. The number of carbonyl (C=O) groups is 1. The van der Waals surface area contributed by atoms with Crippen LogP contribution in [0, 0.1) is 0 Å². The zero-order chi connectivity index (χ0) is 15.1. The number of furan rings is 1. The van der Waals surface area contributed by atoms with Crippen molar-refractivity contribution >= 4 is 18.5 Å². The molecule has 0 aliphatic rings. The molecule has 0 aliphatic carbocycles. The first-order valence-electron chi connectivity index (χ1n) is 6.47. The van der Waals surface area contributed by atoms with E-state index in [1.807, 2.05) is 24.3 Å². The maximum Gasteiger partial charge on any atom is 0.287 e. The van der Waals surface area contributed by atoms with Crippen LogP contribution in [0.1, 0.15) is 16.3 Å². The van der Waals surface area contributed by atoms with Crippen LogP contribution >= 0.6 is 12.6 Å². The second-order valence-corrected chi connectivity index (χ2v) is 4.66. The normalized spacial score (nSPS) is 10.2. The van der Waals surface area contributed by atoms with E-state index in [-0.39, 0.29) is 18.3 Å². The number of benzene rings is 1. The summed E-state index contributed by atoms with van der Waals surface area (Å²) < 4.78 is 16.1. The number of rotatable bonds is 7. The molecule has 5 nitrogen and oxygen atoms in total. The lowest BCUT2D eigenvalue weighted by Crippen LogP contribution is -2.24. The number of thiol groups is 1. The van der Waals surface area contributed by atoms with Gasteiger partial charge in [0.2, 0.25) is 0 Å². The molecular formula is C15H17NO4S. The number of nitrogens with one attached hydrogen (secondary N) is 1. The van der Waals surface area contributed by atoms with Crippen LogP contribution in [0.2, 0.25) is 0 Å². The van der Waals surface area contributed by atoms with Crippen molar-refractivity contribution in [2.24, 2.45) is 0 Å². The van der Waals surface area contributed by atoms with E-state index in [2.05, 4.69) is 17.9 Å². The van der Waals surface area contributed by atoms with Gasteiger partial charge in [0.25, 0.3) is 5.91 Å². The van der Waals surface area contributed by atoms with Crippen molar-refractivity contribution in [1.29, 1.82) is 0 Å². The Morgan fingerprint density at radius 3 is 2.57 bits per heavy atom. The number of amides is 1. The molecule has 1 amide bonds. The van der Waals surface area contributed by atoms with E-state index in [0.29, 0.717) is 23.8 Å². The van der Waals surface area contributed by atoms with Gasteiger partial charge in [-0.3, -0.25) is 4.79 Å². The van der Waals surface area contributed by atoms with Crippen molar-refractivity contribution in [2.75, 3.05) is 19.4 Å². The molecule has 0 fully saturated rings. The van der Waals surface area contributed by atoms with Gasteiger partial charge in [-0.2, -0.15) is 12.6 Å². The minimum Gasteiger partial charge on any atom is -0.497 e. The second-order valence-electron chi connectivity index (χ2n) is 4.21. The summed E-state index contributed by atoms with van der Waals surface area (Å²) >= 11 is 4.03. The Bertz CT molecular complexity index is 580. The Balaban J connectivity index is 1.88. The lowest BCUT2D eigenvalue weighted by molar-refractivity contribution is 0.0924. The van der Waals surface area contributed by atoms with Gasteiger partial charge in [0.05, 0.1) is 7.11 Å². The average Bonchev–Trinajstić information content (AvgIpc) is 3.00. The van der Waals surface area contributed by atoms with Gasteiger partial charge >= 0.3 is 0 Å². The predicted octanol–water partition coefficient (Wildman–Crippen LogP) is 2.53. The lowest BCUT2D eigenvalue weighted by atomic mass is 10.3. The molecule has 2 aromatic rings. The van der Waals surface area contributed by atoms with E-state index in [9.17, 15) is 4.79 Å². The van der Waals surface area contributed by atoms with Crippen LogP contribution in [-0.4, -0.2) is 25.3 Å². The van der Waals surface area contributed by atoms with Crippen molar-refractivity contribution in [2.45, 2.75) is 6.61 Å². The molecule has 1 aromatic carbocycles. The average molecular weight is 307 g/mol. The lowest BCUT2D eigenvalue weighted by Gasteiger charge is -2.05. The summed E-state index contributed by atoms with van der Waals surface area (Å²) in [5.41, 5.74) is 0. The Kier molecular flexibility index (Phi) is 5.57.